The lowest BCUT2D eigenvalue weighted by Gasteiger charge is -2.19. The van der Waals surface area contributed by atoms with Gasteiger partial charge in [0.25, 0.3) is 0 Å². The highest BCUT2D eigenvalue weighted by Gasteiger charge is 2.11. The number of anilines is 1. The molecule has 94 valence electrons. The summed E-state index contributed by atoms with van der Waals surface area (Å²) in [5.41, 5.74) is 7.72. The van der Waals surface area contributed by atoms with Crippen molar-refractivity contribution in [3.05, 3.63) is 64.4 Å². The van der Waals surface area contributed by atoms with Gasteiger partial charge in [0.15, 0.2) is 0 Å². The summed E-state index contributed by atoms with van der Waals surface area (Å²) in [6.07, 6.45) is 0. The van der Waals surface area contributed by atoms with E-state index < -0.39 is 0 Å². The molecule has 3 N–H and O–H groups in total. The van der Waals surface area contributed by atoms with Gasteiger partial charge in [-0.25, -0.2) is 4.39 Å². The molecule has 2 aromatic rings. The van der Waals surface area contributed by atoms with Crippen LogP contribution in [0.5, 0.6) is 0 Å². The maximum Gasteiger partial charge on any atom is 0.137 e. The third-order valence-electron chi connectivity index (χ3n) is 2.70. The maximum absolute atomic E-state index is 13.2. The average molecular weight is 309 g/mol. The van der Waals surface area contributed by atoms with Gasteiger partial charge in [0.1, 0.15) is 5.82 Å². The minimum atomic E-state index is -0.269. The fraction of sp³-hybridized carbons (Fsp3) is 0.143. The van der Waals surface area contributed by atoms with Gasteiger partial charge in [0, 0.05) is 12.2 Å². The van der Waals surface area contributed by atoms with Gasteiger partial charge in [-0.2, -0.15) is 0 Å². The first-order valence-electron chi connectivity index (χ1n) is 5.67. The molecule has 0 heterocycles. The van der Waals surface area contributed by atoms with E-state index in [-0.39, 0.29) is 11.9 Å². The van der Waals surface area contributed by atoms with Crippen LogP contribution in [0.2, 0.25) is 0 Å². The second-order valence-electron chi connectivity index (χ2n) is 3.97. The molecule has 0 aliphatic rings. The van der Waals surface area contributed by atoms with Crippen molar-refractivity contribution in [1.29, 1.82) is 0 Å². The first-order valence-corrected chi connectivity index (χ1v) is 6.46. The van der Waals surface area contributed by atoms with E-state index >= 15 is 0 Å². The highest BCUT2D eigenvalue weighted by molar-refractivity contribution is 9.10. The van der Waals surface area contributed by atoms with Crippen LogP contribution in [0.25, 0.3) is 0 Å². The van der Waals surface area contributed by atoms with Crippen molar-refractivity contribution in [2.24, 2.45) is 5.73 Å². The zero-order valence-electron chi connectivity index (χ0n) is 9.74. The molecule has 2 nitrogen and oxygen atoms in total. The average Bonchev–Trinajstić information content (AvgIpc) is 2.40. The van der Waals surface area contributed by atoms with Crippen LogP contribution < -0.4 is 11.1 Å². The summed E-state index contributed by atoms with van der Waals surface area (Å²) in [4.78, 5) is 0. The molecule has 2 aromatic carbocycles. The summed E-state index contributed by atoms with van der Waals surface area (Å²) in [6, 6.07) is 14.7. The molecule has 0 fully saturated rings. The van der Waals surface area contributed by atoms with Crippen LogP contribution in [0, 0.1) is 5.82 Å². The van der Waals surface area contributed by atoms with E-state index in [4.69, 9.17) is 5.73 Å². The summed E-state index contributed by atoms with van der Waals surface area (Å²) < 4.78 is 13.6. The van der Waals surface area contributed by atoms with Crippen molar-refractivity contribution in [2.75, 3.05) is 11.9 Å². The molecule has 2 rings (SSSR count). The van der Waals surface area contributed by atoms with Gasteiger partial charge in [-0.1, -0.05) is 24.3 Å². The Balaban J connectivity index is 2.20. The summed E-state index contributed by atoms with van der Waals surface area (Å²) >= 11 is 3.19. The molecule has 0 saturated carbocycles. The van der Waals surface area contributed by atoms with Crippen molar-refractivity contribution in [1.82, 2.24) is 0 Å². The number of rotatable bonds is 4. The first kappa shape index (κ1) is 13.1. The van der Waals surface area contributed by atoms with Crippen LogP contribution in [0.15, 0.2) is 53.0 Å². The van der Waals surface area contributed by atoms with Crippen LogP contribution in [-0.2, 0) is 0 Å². The van der Waals surface area contributed by atoms with Crippen molar-refractivity contribution in [3.8, 4) is 0 Å². The Morgan fingerprint density at radius 3 is 2.50 bits per heavy atom. The Hall–Kier alpha value is -1.39. The molecule has 0 aliphatic heterocycles. The first-order chi connectivity index (χ1) is 8.70. The lowest BCUT2D eigenvalue weighted by Crippen LogP contribution is -2.20. The summed E-state index contributed by atoms with van der Waals surface area (Å²) in [6.45, 7) is 0.437. The highest BCUT2D eigenvalue weighted by atomic mass is 79.9. The molecule has 18 heavy (non-hydrogen) atoms. The van der Waals surface area contributed by atoms with Gasteiger partial charge in [-0.15, -0.1) is 0 Å². The van der Waals surface area contributed by atoms with Crippen molar-refractivity contribution >= 4 is 21.6 Å². The van der Waals surface area contributed by atoms with Gasteiger partial charge in [-0.3, -0.25) is 0 Å². The molecule has 0 radical (unpaired) electrons. The molecule has 0 saturated heterocycles. The molecule has 4 heteroatoms. The standard InChI is InChI=1S/C14H14BrFN2/c15-12-8-10(6-7-13(12)16)14(9-17)18-11-4-2-1-3-5-11/h1-8,14,18H,9,17H2. The largest absolute Gasteiger partial charge is 0.377 e. The highest BCUT2D eigenvalue weighted by Crippen LogP contribution is 2.23. The Morgan fingerprint density at radius 2 is 1.89 bits per heavy atom. The maximum atomic E-state index is 13.2. The molecule has 0 spiro atoms. The van der Waals surface area contributed by atoms with Crippen LogP contribution >= 0.6 is 15.9 Å². The van der Waals surface area contributed by atoms with Gasteiger partial charge in [0.2, 0.25) is 0 Å². The summed E-state index contributed by atoms with van der Waals surface area (Å²) in [5.74, 6) is -0.269. The molecule has 1 atom stereocenters. The Bertz CT molecular complexity index is 516. The van der Waals surface area contributed by atoms with Gasteiger partial charge >= 0.3 is 0 Å². The SMILES string of the molecule is NCC(Nc1ccccc1)c1ccc(F)c(Br)c1. The second kappa shape index (κ2) is 5.98. The number of hydrogen-bond donors (Lipinski definition) is 2. The van der Waals surface area contributed by atoms with Crippen LogP contribution in [0.1, 0.15) is 11.6 Å². The third-order valence-corrected chi connectivity index (χ3v) is 3.30. The molecule has 0 aromatic heterocycles. The van der Waals surface area contributed by atoms with Gasteiger partial charge in [-0.05, 0) is 45.8 Å². The van der Waals surface area contributed by atoms with Gasteiger partial charge in [0.05, 0.1) is 10.5 Å². The summed E-state index contributed by atoms with van der Waals surface area (Å²) in [7, 11) is 0. The minimum Gasteiger partial charge on any atom is -0.377 e. The van der Waals surface area contributed by atoms with E-state index in [9.17, 15) is 4.39 Å². The molecular weight excluding hydrogens is 295 g/mol. The second-order valence-corrected chi connectivity index (χ2v) is 4.83. The number of nitrogens with one attached hydrogen (secondary N) is 1. The smallest absolute Gasteiger partial charge is 0.137 e. The molecular formula is C14H14BrFN2. The molecule has 0 aliphatic carbocycles. The van der Waals surface area contributed by atoms with E-state index in [1.54, 1.807) is 12.1 Å². The molecule has 0 amide bonds. The minimum absolute atomic E-state index is 0.0377. The van der Waals surface area contributed by atoms with E-state index in [1.807, 2.05) is 30.3 Å². The van der Waals surface area contributed by atoms with E-state index in [1.165, 1.54) is 6.07 Å². The van der Waals surface area contributed by atoms with Crippen molar-refractivity contribution in [3.63, 3.8) is 0 Å². The van der Waals surface area contributed by atoms with Crippen molar-refractivity contribution in [2.45, 2.75) is 6.04 Å². The predicted octanol–water partition coefficient (Wildman–Crippen LogP) is 3.70. The topological polar surface area (TPSA) is 38.0 Å². The monoisotopic (exact) mass is 308 g/mol. The number of halogens is 2. The van der Waals surface area contributed by atoms with E-state index in [2.05, 4.69) is 21.2 Å². The Morgan fingerprint density at radius 1 is 1.17 bits per heavy atom. The lowest BCUT2D eigenvalue weighted by molar-refractivity contribution is 0.619. The fourth-order valence-electron chi connectivity index (χ4n) is 1.74. The van der Waals surface area contributed by atoms with Crippen LogP contribution in [0.3, 0.4) is 0 Å². The number of benzene rings is 2. The lowest BCUT2D eigenvalue weighted by atomic mass is 10.1. The molecule has 0 bridgehead atoms. The predicted molar refractivity (Wildman–Crippen MR) is 76.0 cm³/mol. The Kier molecular flexibility index (Phi) is 4.33. The van der Waals surface area contributed by atoms with Gasteiger partial charge < -0.3 is 11.1 Å². The van der Waals surface area contributed by atoms with E-state index in [0.717, 1.165) is 11.3 Å². The quantitative estimate of drug-likeness (QED) is 0.904. The number of para-hydroxylation sites is 1. The number of nitrogens with two attached hydrogens (primary N) is 1. The zero-order valence-corrected chi connectivity index (χ0v) is 11.3. The third kappa shape index (κ3) is 3.09. The fourth-order valence-corrected chi connectivity index (χ4v) is 2.14. The van der Waals surface area contributed by atoms with E-state index in [0.29, 0.717) is 11.0 Å². The van der Waals surface area contributed by atoms with Crippen LogP contribution in [0.4, 0.5) is 10.1 Å². The summed E-state index contributed by atoms with van der Waals surface area (Å²) in [5, 5.41) is 3.32. The zero-order chi connectivity index (χ0) is 13.0. The number of hydrogen-bond acceptors (Lipinski definition) is 2. The molecule has 1 unspecified atom stereocenters. The normalized spacial score (nSPS) is 12.2. The van der Waals surface area contributed by atoms with Crippen LogP contribution in [-0.4, -0.2) is 6.54 Å². The van der Waals surface area contributed by atoms with Crippen molar-refractivity contribution < 1.29 is 4.39 Å². The Labute approximate surface area is 114 Å².